The monoisotopic (exact) mass is 352 g/mol. The molecule has 0 saturated carbocycles. The van der Waals surface area contributed by atoms with E-state index in [9.17, 15) is 0 Å². The van der Waals surface area contributed by atoms with Gasteiger partial charge in [-0.1, -0.05) is 0 Å². The number of benzene rings is 1. The molecule has 0 spiro atoms. The van der Waals surface area contributed by atoms with E-state index in [0.717, 1.165) is 44.2 Å². The van der Waals surface area contributed by atoms with Crippen molar-refractivity contribution >= 4 is 23.5 Å². The second kappa shape index (κ2) is 10.1. The molecule has 1 fully saturated rings. The van der Waals surface area contributed by atoms with Gasteiger partial charge in [-0.15, -0.1) is 0 Å². The molecule has 0 unspecified atom stereocenters. The van der Waals surface area contributed by atoms with Crippen LogP contribution in [-0.4, -0.2) is 62.3 Å². The third-order valence-electron chi connectivity index (χ3n) is 3.42. The van der Waals surface area contributed by atoms with Crippen molar-refractivity contribution in [3.8, 4) is 11.5 Å². The zero-order valence-electron chi connectivity index (χ0n) is 13.9. The standard InChI is InChI=1S/C16H24N4O3S/c1-2-22-15-11-13(12-18-19-16(17)24)3-4-14(15)23-10-7-20-5-8-21-9-6-20/h3-4,11-12H,2,5-10H2,1H3,(H3,17,19,24). The minimum Gasteiger partial charge on any atom is -0.490 e. The predicted molar refractivity (Wildman–Crippen MR) is 97.9 cm³/mol. The molecular formula is C16H24N4O3S. The van der Waals surface area contributed by atoms with Gasteiger partial charge in [0.1, 0.15) is 6.61 Å². The maximum absolute atomic E-state index is 5.88. The van der Waals surface area contributed by atoms with Gasteiger partial charge < -0.3 is 19.9 Å². The van der Waals surface area contributed by atoms with E-state index in [1.54, 1.807) is 6.21 Å². The molecule has 1 aromatic rings. The Bertz CT molecular complexity index is 562. The van der Waals surface area contributed by atoms with E-state index in [2.05, 4.69) is 15.4 Å². The zero-order valence-corrected chi connectivity index (χ0v) is 14.7. The summed E-state index contributed by atoms with van der Waals surface area (Å²) in [4.78, 5) is 2.33. The van der Waals surface area contributed by atoms with Gasteiger partial charge in [0, 0.05) is 19.6 Å². The van der Waals surface area contributed by atoms with Crippen molar-refractivity contribution < 1.29 is 14.2 Å². The van der Waals surface area contributed by atoms with E-state index in [0.29, 0.717) is 19.0 Å². The number of hydrogen-bond acceptors (Lipinski definition) is 6. The van der Waals surface area contributed by atoms with E-state index >= 15 is 0 Å². The molecule has 0 aliphatic carbocycles. The number of nitrogens with two attached hydrogens (primary N) is 1. The summed E-state index contributed by atoms with van der Waals surface area (Å²) in [6, 6.07) is 5.65. The maximum atomic E-state index is 5.88. The summed E-state index contributed by atoms with van der Waals surface area (Å²) in [5.74, 6) is 1.42. The average Bonchev–Trinajstić information content (AvgIpc) is 2.57. The third-order valence-corrected chi connectivity index (χ3v) is 3.52. The fourth-order valence-corrected chi connectivity index (χ4v) is 2.33. The quantitative estimate of drug-likeness (QED) is 0.410. The maximum Gasteiger partial charge on any atom is 0.184 e. The lowest BCUT2D eigenvalue weighted by Gasteiger charge is -2.26. The van der Waals surface area contributed by atoms with E-state index in [1.165, 1.54) is 0 Å². The van der Waals surface area contributed by atoms with Gasteiger partial charge in [-0.3, -0.25) is 10.3 Å². The molecular weight excluding hydrogens is 328 g/mol. The third kappa shape index (κ3) is 6.31. The highest BCUT2D eigenvalue weighted by atomic mass is 32.1. The summed E-state index contributed by atoms with van der Waals surface area (Å²) in [5.41, 5.74) is 8.71. The first-order valence-electron chi connectivity index (χ1n) is 7.97. The van der Waals surface area contributed by atoms with Gasteiger partial charge >= 0.3 is 0 Å². The zero-order chi connectivity index (χ0) is 17.2. The Morgan fingerprint density at radius 2 is 2.17 bits per heavy atom. The highest BCUT2D eigenvalue weighted by Crippen LogP contribution is 2.28. The molecule has 1 aliphatic rings. The lowest BCUT2D eigenvalue weighted by Crippen LogP contribution is -2.38. The molecule has 8 heteroatoms. The molecule has 24 heavy (non-hydrogen) atoms. The Balaban J connectivity index is 1.92. The molecule has 0 bridgehead atoms. The van der Waals surface area contributed by atoms with Gasteiger partial charge in [0.05, 0.1) is 26.0 Å². The van der Waals surface area contributed by atoms with Crippen molar-refractivity contribution in [1.82, 2.24) is 10.3 Å². The second-order valence-electron chi connectivity index (χ2n) is 5.18. The summed E-state index contributed by atoms with van der Waals surface area (Å²) in [6.07, 6.45) is 1.62. The largest absolute Gasteiger partial charge is 0.490 e. The van der Waals surface area contributed by atoms with Crippen LogP contribution in [0.3, 0.4) is 0 Å². The lowest BCUT2D eigenvalue weighted by atomic mass is 10.2. The number of hydrogen-bond donors (Lipinski definition) is 2. The minimum atomic E-state index is 0.124. The summed E-state index contributed by atoms with van der Waals surface area (Å²) in [7, 11) is 0. The number of nitrogens with zero attached hydrogens (tertiary/aromatic N) is 2. The first kappa shape index (κ1) is 18.4. The van der Waals surface area contributed by atoms with Crippen LogP contribution in [0.15, 0.2) is 23.3 Å². The molecule has 1 aliphatic heterocycles. The van der Waals surface area contributed by atoms with Gasteiger partial charge in [-0.25, -0.2) is 0 Å². The van der Waals surface area contributed by atoms with Gasteiger partial charge in [0.25, 0.3) is 0 Å². The molecule has 7 nitrogen and oxygen atoms in total. The first-order chi connectivity index (χ1) is 11.7. The highest BCUT2D eigenvalue weighted by molar-refractivity contribution is 7.80. The smallest absolute Gasteiger partial charge is 0.184 e. The van der Waals surface area contributed by atoms with Crippen molar-refractivity contribution in [2.45, 2.75) is 6.92 Å². The molecule has 0 amide bonds. The van der Waals surface area contributed by atoms with Gasteiger partial charge in [0.2, 0.25) is 0 Å². The molecule has 0 atom stereocenters. The van der Waals surface area contributed by atoms with Crippen LogP contribution >= 0.6 is 12.2 Å². The van der Waals surface area contributed by atoms with Crippen LogP contribution in [0, 0.1) is 0 Å². The van der Waals surface area contributed by atoms with E-state index < -0.39 is 0 Å². The van der Waals surface area contributed by atoms with Crippen molar-refractivity contribution in [1.29, 1.82) is 0 Å². The normalized spacial score (nSPS) is 15.4. The van der Waals surface area contributed by atoms with Crippen LogP contribution in [0.5, 0.6) is 11.5 Å². The van der Waals surface area contributed by atoms with Crippen molar-refractivity contribution in [2.75, 3.05) is 46.1 Å². The van der Waals surface area contributed by atoms with Crippen molar-refractivity contribution in [2.24, 2.45) is 10.8 Å². The molecule has 132 valence electrons. The Kier molecular flexibility index (Phi) is 7.73. The van der Waals surface area contributed by atoms with Crippen LogP contribution in [0.1, 0.15) is 12.5 Å². The van der Waals surface area contributed by atoms with Gasteiger partial charge in [-0.05, 0) is 42.9 Å². The Morgan fingerprint density at radius 3 is 2.88 bits per heavy atom. The molecule has 1 saturated heterocycles. The number of ether oxygens (including phenoxy) is 3. The number of hydrazone groups is 1. The molecule has 0 radical (unpaired) electrons. The Hall–Kier alpha value is -1.90. The summed E-state index contributed by atoms with van der Waals surface area (Å²) in [5, 5.41) is 4.06. The molecule has 3 N–H and O–H groups in total. The topological polar surface area (TPSA) is 81.3 Å². The summed E-state index contributed by atoms with van der Waals surface area (Å²) >= 11 is 4.70. The molecule has 0 aromatic heterocycles. The highest BCUT2D eigenvalue weighted by Gasteiger charge is 2.11. The van der Waals surface area contributed by atoms with Crippen LogP contribution in [0.4, 0.5) is 0 Å². The number of nitrogens with one attached hydrogen (secondary N) is 1. The van der Waals surface area contributed by atoms with Gasteiger partial charge in [0.15, 0.2) is 16.6 Å². The van der Waals surface area contributed by atoms with Crippen molar-refractivity contribution in [3.05, 3.63) is 23.8 Å². The van der Waals surface area contributed by atoms with Crippen LogP contribution in [-0.2, 0) is 4.74 Å². The fourth-order valence-electron chi connectivity index (χ4n) is 2.27. The lowest BCUT2D eigenvalue weighted by molar-refractivity contribution is 0.0321. The Morgan fingerprint density at radius 1 is 1.38 bits per heavy atom. The number of rotatable bonds is 8. The van der Waals surface area contributed by atoms with Crippen molar-refractivity contribution in [3.63, 3.8) is 0 Å². The fraction of sp³-hybridized carbons (Fsp3) is 0.500. The number of thiocarbonyl (C=S) groups is 1. The molecule has 1 aromatic carbocycles. The first-order valence-corrected chi connectivity index (χ1v) is 8.38. The predicted octanol–water partition coefficient (Wildman–Crippen LogP) is 0.963. The van der Waals surface area contributed by atoms with E-state index in [1.807, 2.05) is 25.1 Å². The van der Waals surface area contributed by atoms with Crippen LogP contribution in [0.2, 0.25) is 0 Å². The average molecular weight is 352 g/mol. The number of morpholine rings is 1. The van der Waals surface area contributed by atoms with E-state index in [-0.39, 0.29) is 5.11 Å². The summed E-state index contributed by atoms with van der Waals surface area (Å²) in [6.45, 7) is 7.46. The van der Waals surface area contributed by atoms with E-state index in [4.69, 9.17) is 32.2 Å². The second-order valence-corrected chi connectivity index (χ2v) is 5.62. The van der Waals surface area contributed by atoms with Crippen LogP contribution < -0.4 is 20.6 Å². The van der Waals surface area contributed by atoms with Crippen LogP contribution in [0.25, 0.3) is 0 Å². The summed E-state index contributed by atoms with van der Waals surface area (Å²) < 4.78 is 16.9. The SMILES string of the molecule is CCOc1cc(C=NNC(N)=S)ccc1OCCN1CCOCC1. The minimum absolute atomic E-state index is 0.124. The Labute approximate surface area is 147 Å². The molecule has 2 rings (SSSR count). The van der Waals surface area contributed by atoms with Gasteiger partial charge in [-0.2, -0.15) is 5.10 Å². The molecule has 1 heterocycles.